The summed E-state index contributed by atoms with van der Waals surface area (Å²) in [6, 6.07) is 18.3. The fourth-order valence-corrected chi connectivity index (χ4v) is 5.14. The molecule has 0 aromatic heterocycles. The first-order valence-corrected chi connectivity index (χ1v) is 12.6. The summed E-state index contributed by atoms with van der Waals surface area (Å²) in [7, 11) is -2.75. The molecule has 3 aromatic carbocycles. The van der Waals surface area contributed by atoms with E-state index in [0.717, 1.165) is 11.3 Å². The second kappa shape index (κ2) is 9.92. The predicted molar refractivity (Wildman–Crippen MR) is 134 cm³/mol. The van der Waals surface area contributed by atoms with Gasteiger partial charge in [-0.1, -0.05) is 47.5 Å². The Morgan fingerprint density at radius 1 is 1.06 bits per heavy atom. The summed E-state index contributed by atoms with van der Waals surface area (Å²) >= 11 is 7.53. The molecule has 1 saturated heterocycles. The largest absolute Gasteiger partial charge is 0.493 e. The maximum Gasteiger partial charge on any atom is 0.339 e. The Hall–Kier alpha value is -3.27. The number of aryl methyl sites for hydroxylation is 1. The van der Waals surface area contributed by atoms with Gasteiger partial charge in [0.05, 0.1) is 22.7 Å². The van der Waals surface area contributed by atoms with E-state index in [0.29, 0.717) is 15.6 Å². The molecule has 34 heavy (non-hydrogen) atoms. The minimum Gasteiger partial charge on any atom is -0.493 e. The van der Waals surface area contributed by atoms with Gasteiger partial charge in [-0.3, -0.25) is 4.79 Å². The number of ether oxygens (including phenoxy) is 1. The van der Waals surface area contributed by atoms with Crippen molar-refractivity contribution < 1.29 is 22.1 Å². The van der Waals surface area contributed by atoms with Crippen molar-refractivity contribution in [2.24, 2.45) is 4.99 Å². The third kappa shape index (κ3) is 5.44. The first-order valence-electron chi connectivity index (χ1n) is 9.98. The topological polar surface area (TPSA) is 94.1 Å². The summed E-state index contributed by atoms with van der Waals surface area (Å²) in [5, 5.41) is 3.20. The van der Waals surface area contributed by atoms with Crippen LogP contribution in [-0.2, 0) is 14.9 Å². The van der Waals surface area contributed by atoms with Gasteiger partial charge in [0.15, 0.2) is 10.9 Å². The number of carbonyl (C=O) groups excluding carboxylic acids is 1. The number of amidine groups is 1. The molecular weight excluding hydrogens is 496 g/mol. The van der Waals surface area contributed by atoms with Crippen molar-refractivity contribution in [3.63, 3.8) is 0 Å². The van der Waals surface area contributed by atoms with Crippen LogP contribution in [0.5, 0.6) is 11.5 Å². The zero-order valence-electron chi connectivity index (χ0n) is 18.1. The van der Waals surface area contributed by atoms with Gasteiger partial charge in [0.25, 0.3) is 5.91 Å². The number of thioether (sulfide) groups is 1. The van der Waals surface area contributed by atoms with Crippen LogP contribution in [0, 0.1) is 6.92 Å². The maximum atomic E-state index is 12.6. The molecule has 1 fully saturated rings. The molecule has 0 unspecified atom stereocenters. The first-order chi connectivity index (χ1) is 16.2. The quantitative estimate of drug-likeness (QED) is 0.353. The Labute approximate surface area is 206 Å². The number of amides is 1. The minimum atomic E-state index is -4.12. The highest BCUT2D eigenvalue weighted by molar-refractivity contribution is 8.18. The lowest BCUT2D eigenvalue weighted by Gasteiger charge is -2.13. The SMILES string of the molecule is COc1cc(/C=C2\SC(=Nc3ccc(C)cc3)NC2=O)cc(Cl)c1OS(=O)(=O)c1ccccc1. The molecule has 0 aliphatic carbocycles. The predicted octanol–water partition coefficient (Wildman–Crippen LogP) is 5.32. The van der Waals surface area contributed by atoms with Gasteiger partial charge in [-0.15, -0.1) is 0 Å². The molecule has 0 bridgehead atoms. The highest BCUT2D eigenvalue weighted by atomic mass is 35.5. The van der Waals surface area contributed by atoms with E-state index in [4.69, 9.17) is 20.5 Å². The number of hydrogen-bond donors (Lipinski definition) is 1. The van der Waals surface area contributed by atoms with E-state index in [2.05, 4.69) is 10.3 Å². The van der Waals surface area contributed by atoms with Gasteiger partial charge in [-0.05, 0) is 66.7 Å². The molecule has 10 heteroatoms. The van der Waals surface area contributed by atoms with Crippen LogP contribution in [0.2, 0.25) is 5.02 Å². The zero-order chi connectivity index (χ0) is 24.3. The maximum absolute atomic E-state index is 12.6. The van der Waals surface area contributed by atoms with Gasteiger partial charge in [0.1, 0.15) is 4.90 Å². The third-order valence-electron chi connectivity index (χ3n) is 4.69. The molecule has 0 saturated carbocycles. The Morgan fingerprint density at radius 3 is 2.44 bits per heavy atom. The molecule has 1 heterocycles. The number of carbonyl (C=O) groups is 1. The summed E-state index contributed by atoms with van der Waals surface area (Å²) < 4.78 is 35.8. The Morgan fingerprint density at radius 2 is 1.76 bits per heavy atom. The van der Waals surface area contributed by atoms with E-state index in [1.165, 1.54) is 43.1 Å². The van der Waals surface area contributed by atoms with Gasteiger partial charge >= 0.3 is 10.1 Å². The lowest BCUT2D eigenvalue weighted by atomic mass is 10.2. The van der Waals surface area contributed by atoms with Crippen LogP contribution in [0.15, 0.2) is 81.5 Å². The molecule has 3 aromatic rings. The van der Waals surface area contributed by atoms with E-state index in [1.807, 2.05) is 31.2 Å². The third-order valence-corrected chi connectivity index (χ3v) is 7.12. The van der Waals surface area contributed by atoms with Crippen LogP contribution in [0.4, 0.5) is 5.69 Å². The number of rotatable bonds is 6. The molecular formula is C24H19ClN2O5S2. The minimum absolute atomic E-state index is 0.0151. The van der Waals surface area contributed by atoms with Crippen molar-refractivity contribution in [3.8, 4) is 11.5 Å². The fraction of sp³-hybridized carbons (Fsp3) is 0.0833. The number of nitrogens with one attached hydrogen (secondary N) is 1. The molecule has 174 valence electrons. The molecule has 4 rings (SSSR count). The summed E-state index contributed by atoms with van der Waals surface area (Å²) in [6.07, 6.45) is 1.61. The summed E-state index contributed by atoms with van der Waals surface area (Å²) in [4.78, 5) is 17.3. The van der Waals surface area contributed by atoms with Crippen molar-refractivity contribution in [1.29, 1.82) is 0 Å². The molecule has 0 atom stereocenters. The fourth-order valence-electron chi connectivity index (χ4n) is 3.02. The number of halogens is 1. The second-order valence-electron chi connectivity index (χ2n) is 7.20. The average molecular weight is 515 g/mol. The molecule has 1 amide bonds. The monoisotopic (exact) mass is 514 g/mol. The Balaban J connectivity index is 1.60. The van der Waals surface area contributed by atoms with E-state index >= 15 is 0 Å². The number of hydrogen-bond acceptors (Lipinski definition) is 7. The molecule has 1 aliphatic rings. The summed E-state index contributed by atoms with van der Waals surface area (Å²) in [6.45, 7) is 1.98. The Bertz CT molecular complexity index is 1400. The molecule has 1 aliphatic heterocycles. The first kappa shape index (κ1) is 23.9. The van der Waals surface area contributed by atoms with Gasteiger partial charge < -0.3 is 14.2 Å². The van der Waals surface area contributed by atoms with Crippen molar-refractivity contribution >= 4 is 56.3 Å². The van der Waals surface area contributed by atoms with Gasteiger partial charge in [-0.25, -0.2) is 4.99 Å². The lowest BCUT2D eigenvalue weighted by Crippen LogP contribution is -2.19. The summed E-state index contributed by atoms with van der Waals surface area (Å²) in [5.41, 5.74) is 2.36. The van der Waals surface area contributed by atoms with Crippen molar-refractivity contribution in [3.05, 3.63) is 87.8 Å². The smallest absolute Gasteiger partial charge is 0.339 e. The van der Waals surface area contributed by atoms with Crippen LogP contribution in [-0.4, -0.2) is 26.6 Å². The summed E-state index contributed by atoms with van der Waals surface area (Å²) in [5.74, 6) is -0.339. The number of nitrogens with zero attached hydrogens (tertiary/aromatic N) is 1. The zero-order valence-corrected chi connectivity index (χ0v) is 20.5. The van der Waals surface area contributed by atoms with Crippen molar-refractivity contribution in [2.75, 3.05) is 7.11 Å². The van der Waals surface area contributed by atoms with Crippen LogP contribution in [0.3, 0.4) is 0 Å². The van der Waals surface area contributed by atoms with Crippen LogP contribution in [0.1, 0.15) is 11.1 Å². The van der Waals surface area contributed by atoms with E-state index < -0.39 is 10.1 Å². The van der Waals surface area contributed by atoms with Gasteiger partial charge in [0, 0.05) is 0 Å². The second-order valence-corrected chi connectivity index (χ2v) is 10.2. The average Bonchev–Trinajstić information content (AvgIpc) is 3.15. The molecule has 7 nitrogen and oxygen atoms in total. The number of methoxy groups -OCH3 is 1. The van der Waals surface area contributed by atoms with Gasteiger partial charge in [0.2, 0.25) is 5.75 Å². The molecule has 0 radical (unpaired) electrons. The van der Waals surface area contributed by atoms with Crippen LogP contribution in [0.25, 0.3) is 6.08 Å². The van der Waals surface area contributed by atoms with Crippen LogP contribution >= 0.6 is 23.4 Å². The van der Waals surface area contributed by atoms with E-state index in [1.54, 1.807) is 24.3 Å². The Kier molecular flexibility index (Phi) is 6.97. The van der Waals surface area contributed by atoms with E-state index in [-0.39, 0.29) is 27.3 Å². The highest BCUT2D eigenvalue weighted by Gasteiger charge is 2.25. The molecule has 1 N–H and O–H groups in total. The number of aliphatic imine (C=N–C) groups is 1. The van der Waals surface area contributed by atoms with Crippen molar-refractivity contribution in [1.82, 2.24) is 5.32 Å². The number of benzene rings is 3. The van der Waals surface area contributed by atoms with Gasteiger partial charge in [-0.2, -0.15) is 8.42 Å². The lowest BCUT2D eigenvalue weighted by molar-refractivity contribution is -0.115. The molecule has 0 spiro atoms. The van der Waals surface area contributed by atoms with Crippen molar-refractivity contribution in [2.45, 2.75) is 11.8 Å². The highest BCUT2D eigenvalue weighted by Crippen LogP contribution is 2.39. The van der Waals surface area contributed by atoms with E-state index in [9.17, 15) is 13.2 Å². The normalized spacial score (nSPS) is 16.0. The standard InChI is InChI=1S/C24H19ClN2O5S2/c1-15-8-10-17(11-9-15)26-24-27-23(28)21(33-24)14-16-12-19(25)22(20(13-16)31-2)32-34(29,30)18-6-4-3-5-7-18/h3-14H,1-2H3,(H,26,27,28)/b21-14-. The van der Waals surface area contributed by atoms with Crippen LogP contribution < -0.4 is 14.2 Å².